The molecule has 0 aliphatic carbocycles. The summed E-state index contributed by atoms with van der Waals surface area (Å²) in [6, 6.07) is 0. The second-order valence-electron chi connectivity index (χ2n) is 5.35. The first-order valence-electron chi connectivity index (χ1n) is 5.54. The molecular weight excluding hydrogens is 176 g/mol. The van der Waals surface area contributed by atoms with Gasteiger partial charge in [0.1, 0.15) is 0 Å². The summed E-state index contributed by atoms with van der Waals surface area (Å²) in [4.78, 5) is 0. The number of hydrogen-bond donors (Lipinski definition) is 3. The van der Waals surface area contributed by atoms with Gasteiger partial charge in [0.25, 0.3) is 0 Å². The number of nitrogens with one attached hydrogen (secondary N) is 2. The van der Waals surface area contributed by atoms with Crippen LogP contribution in [-0.4, -0.2) is 35.9 Å². The molecule has 2 atom stereocenters. The molecule has 0 saturated carbocycles. The van der Waals surface area contributed by atoms with Crippen molar-refractivity contribution in [2.45, 2.75) is 45.3 Å². The lowest BCUT2D eigenvalue weighted by Crippen LogP contribution is -2.52. The molecule has 1 fully saturated rings. The monoisotopic (exact) mass is 200 g/mol. The molecule has 0 aromatic heterocycles. The predicted molar refractivity (Wildman–Crippen MR) is 59.4 cm³/mol. The number of rotatable bonds is 4. The Morgan fingerprint density at radius 3 is 2.64 bits per heavy atom. The highest BCUT2D eigenvalue weighted by Gasteiger charge is 2.32. The zero-order chi connectivity index (χ0) is 10.8. The van der Waals surface area contributed by atoms with E-state index in [4.69, 9.17) is 0 Å². The SMILES string of the molecule is CC(C)C(C)(O)CNC1(C)CCNC1. The highest BCUT2D eigenvalue weighted by Crippen LogP contribution is 2.18. The normalized spacial score (nSPS) is 32.1. The number of hydrogen-bond acceptors (Lipinski definition) is 3. The van der Waals surface area contributed by atoms with Crippen molar-refractivity contribution in [2.75, 3.05) is 19.6 Å². The lowest BCUT2D eigenvalue weighted by Gasteiger charge is -2.33. The van der Waals surface area contributed by atoms with Gasteiger partial charge < -0.3 is 15.7 Å². The van der Waals surface area contributed by atoms with Crippen LogP contribution in [0.15, 0.2) is 0 Å². The van der Waals surface area contributed by atoms with Gasteiger partial charge in [0.2, 0.25) is 0 Å². The van der Waals surface area contributed by atoms with E-state index < -0.39 is 5.60 Å². The molecule has 1 saturated heterocycles. The fraction of sp³-hybridized carbons (Fsp3) is 1.00. The van der Waals surface area contributed by atoms with Crippen LogP contribution in [0.4, 0.5) is 0 Å². The fourth-order valence-corrected chi connectivity index (χ4v) is 1.56. The minimum absolute atomic E-state index is 0.166. The van der Waals surface area contributed by atoms with Gasteiger partial charge in [-0.1, -0.05) is 13.8 Å². The lowest BCUT2D eigenvalue weighted by atomic mass is 9.91. The Bertz CT molecular complexity index is 179. The predicted octanol–water partition coefficient (Wildman–Crippen LogP) is 0.735. The van der Waals surface area contributed by atoms with Crippen LogP contribution in [0, 0.1) is 5.92 Å². The smallest absolute Gasteiger partial charge is 0.0766 e. The van der Waals surface area contributed by atoms with Crippen LogP contribution in [-0.2, 0) is 0 Å². The van der Waals surface area contributed by atoms with Crippen LogP contribution in [0.5, 0.6) is 0 Å². The Labute approximate surface area is 87.3 Å². The molecule has 0 radical (unpaired) electrons. The second kappa shape index (κ2) is 4.17. The molecule has 14 heavy (non-hydrogen) atoms. The summed E-state index contributed by atoms with van der Waals surface area (Å²) < 4.78 is 0. The first-order chi connectivity index (χ1) is 6.36. The van der Waals surface area contributed by atoms with Crippen molar-refractivity contribution < 1.29 is 5.11 Å². The van der Waals surface area contributed by atoms with Crippen LogP contribution in [0.3, 0.4) is 0 Å². The minimum atomic E-state index is -0.606. The lowest BCUT2D eigenvalue weighted by molar-refractivity contribution is 0.00831. The summed E-state index contributed by atoms with van der Waals surface area (Å²) in [7, 11) is 0. The molecule has 1 aliphatic rings. The molecule has 1 heterocycles. The van der Waals surface area contributed by atoms with Crippen molar-refractivity contribution in [1.82, 2.24) is 10.6 Å². The van der Waals surface area contributed by atoms with Gasteiger partial charge in [0.15, 0.2) is 0 Å². The quantitative estimate of drug-likeness (QED) is 0.627. The van der Waals surface area contributed by atoms with E-state index in [2.05, 4.69) is 31.4 Å². The molecule has 1 rings (SSSR count). The van der Waals surface area contributed by atoms with Crippen molar-refractivity contribution in [1.29, 1.82) is 0 Å². The first-order valence-corrected chi connectivity index (χ1v) is 5.54. The summed E-state index contributed by atoms with van der Waals surface area (Å²) in [5.74, 6) is 0.285. The molecule has 0 aromatic rings. The average Bonchev–Trinajstić information content (AvgIpc) is 2.50. The molecule has 0 bridgehead atoms. The van der Waals surface area contributed by atoms with Crippen LogP contribution < -0.4 is 10.6 Å². The van der Waals surface area contributed by atoms with Crippen molar-refractivity contribution in [3.63, 3.8) is 0 Å². The molecule has 2 unspecified atom stereocenters. The molecule has 84 valence electrons. The van der Waals surface area contributed by atoms with Gasteiger partial charge in [0.05, 0.1) is 5.60 Å². The maximum absolute atomic E-state index is 10.1. The topological polar surface area (TPSA) is 44.3 Å². The Morgan fingerprint density at radius 1 is 1.57 bits per heavy atom. The molecule has 0 amide bonds. The third-order valence-electron chi connectivity index (χ3n) is 3.49. The van der Waals surface area contributed by atoms with E-state index in [9.17, 15) is 5.11 Å². The van der Waals surface area contributed by atoms with E-state index in [1.807, 2.05) is 6.92 Å². The molecule has 3 N–H and O–H groups in total. The standard InChI is InChI=1S/C11H24N2O/c1-9(2)11(4,14)8-13-10(3)5-6-12-7-10/h9,12-14H,5-8H2,1-4H3. The minimum Gasteiger partial charge on any atom is -0.389 e. The zero-order valence-electron chi connectivity index (χ0n) is 9.85. The van der Waals surface area contributed by atoms with Gasteiger partial charge >= 0.3 is 0 Å². The Balaban J connectivity index is 2.39. The Kier molecular flexibility index (Phi) is 3.56. The van der Waals surface area contributed by atoms with Gasteiger partial charge in [-0.15, -0.1) is 0 Å². The maximum Gasteiger partial charge on any atom is 0.0766 e. The molecule has 0 spiro atoms. The zero-order valence-corrected chi connectivity index (χ0v) is 9.85. The first kappa shape index (κ1) is 12.0. The summed E-state index contributed by atoms with van der Waals surface area (Å²) in [5, 5.41) is 16.9. The summed E-state index contributed by atoms with van der Waals surface area (Å²) in [6.07, 6.45) is 1.14. The summed E-state index contributed by atoms with van der Waals surface area (Å²) in [5.41, 5.74) is -0.440. The molecule has 3 heteroatoms. The highest BCUT2D eigenvalue weighted by atomic mass is 16.3. The average molecular weight is 200 g/mol. The van der Waals surface area contributed by atoms with E-state index in [1.165, 1.54) is 0 Å². The third-order valence-corrected chi connectivity index (χ3v) is 3.49. The van der Waals surface area contributed by atoms with Gasteiger partial charge in [-0.3, -0.25) is 0 Å². The van der Waals surface area contributed by atoms with Gasteiger partial charge in [-0.05, 0) is 32.7 Å². The van der Waals surface area contributed by atoms with E-state index in [1.54, 1.807) is 0 Å². The molecule has 1 aliphatic heterocycles. The summed E-state index contributed by atoms with van der Waals surface area (Å²) >= 11 is 0. The van der Waals surface area contributed by atoms with Gasteiger partial charge in [-0.25, -0.2) is 0 Å². The molecule has 0 aromatic carbocycles. The van der Waals surface area contributed by atoms with Crippen LogP contribution in [0.2, 0.25) is 0 Å². The fourth-order valence-electron chi connectivity index (χ4n) is 1.56. The van der Waals surface area contributed by atoms with Crippen molar-refractivity contribution >= 4 is 0 Å². The van der Waals surface area contributed by atoms with E-state index >= 15 is 0 Å². The van der Waals surface area contributed by atoms with Crippen LogP contribution in [0.25, 0.3) is 0 Å². The van der Waals surface area contributed by atoms with Gasteiger partial charge in [0, 0.05) is 18.6 Å². The summed E-state index contributed by atoms with van der Waals surface area (Å²) in [6.45, 7) is 11.0. The second-order valence-corrected chi connectivity index (χ2v) is 5.35. The van der Waals surface area contributed by atoms with Gasteiger partial charge in [-0.2, -0.15) is 0 Å². The number of aliphatic hydroxyl groups is 1. The van der Waals surface area contributed by atoms with Crippen molar-refractivity contribution in [2.24, 2.45) is 5.92 Å². The molecule has 3 nitrogen and oxygen atoms in total. The third kappa shape index (κ3) is 2.94. The van der Waals surface area contributed by atoms with Crippen molar-refractivity contribution in [3.05, 3.63) is 0 Å². The largest absolute Gasteiger partial charge is 0.389 e. The Hall–Kier alpha value is -0.120. The number of β-amino-alcohol motifs (C(OH)–C–C–N with tert-alkyl or cyclic N) is 1. The maximum atomic E-state index is 10.1. The van der Waals surface area contributed by atoms with E-state index in [0.29, 0.717) is 6.54 Å². The van der Waals surface area contributed by atoms with Crippen LogP contribution in [0.1, 0.15) is 34.1 Å². The van der Waals surface area contributed by atoms with E-state index in [-0.39, 0.29) is 11.5 Å². The van der Waals surface area contributed by atoms with Crippen molar-refractivity contribution in [3.8, 4) is 0 Å². The Morgan fingerprint density at radius 2 is 2.21 bits per heavy atom. The van der Waals surface area contributed by atoms with Crippen LogP contribution >= 0.6 is 0 Å². The van der Waals surface area contributed by atoms with E-state index in [0.717, 1.165) is 19.5 Å². The highest BCUT2D eigenvalue weighted by molar-refractivity contribution is 4.94. The molecular formula is C11H24N2O.